The average Bonchev–Trinajstić information content (AvgIpc) is 2.60. The summed E-state index contributed by atoms with van der Waals surface area (Å²) in [4.78, 5) is 0. The highest BCUT2D eigenvalue weighted by Gasteiger charge is 2.13. The van der Waals surface area contributed by atoms with Gasteiger partial charge in [0.2, 0.25) is 5.75 Å². The summed E-state index contributed by atoms with van der Waals surface area (Å²) < 4.78 is 21.6. The summed E-state index contributed by atoms with van der Waals surface area (Å²) >= 11 is 0. The van der Waals surface area contributed by atoms with Crippen molar-refractivity contribution in [3.8, 4) is 23.0 Å². The van der Waals surface area contributed by atoms with Gasteiger partial charge >= 0.3 is 0 Å². The molecule has 0 amide bonds. The van der Waals surface area contributed by atoms with Gasteiger partial charge in [-0.2, -0.15) is 0 Å². The molecule has 0 atom stereocenters. The molecular weight excluding hydrogens is 292 g/mol. The Morgan fingerprint density at radius 1 is 0.739 bits per heavy atom. The van der Waals surface area contributed by atoms with Crippen LogP contribution in [0.5, 0.6) is 23.0 Å². The van der Waals surface area contributed by atoms with Crippen molar-refractivity contribution in [2.75, 3.05) is 27.9 Å². The molecule has 0 bridgehead atoms. The molecule has 0 heterocycles. The molecule has 23 heavy (non-hydrogen) atoms. The highest BCUT2D eigenvalue weighted by molar-refractivity contribution is 5.54. The molecule has 0 fully saturated rings. The zero-order chi connectivity index (χ0) is 16.7. The lowest BCUT2D eigenvalue weighted by molar-refractivity contribution is 0.324. The Balaban J connectivity index is 2.10. The SMILES string of the molecule is CCOc1ccc(CCc2cc(OC)c(OC)c(OC)c2)cc1. The molecule has 0 aliphatic rings. The van der Waals surface area contributed by atoms with E-state index >= 15 is 0 Å². The maximum absolute atomic E-state index is 5.46. The molecule has 4 heteroatoms. The van der Waals surface area contributed by atoms with Crippen LogP contribution >= 0.6 is 0 Å². The maximum Gasteiger partial charge on any atom is 0.203 e. The Kier molecular flexibility index (Phi) is 6.15. The van der Waals surface area contributed by atoms with E-state index < -0.39 is 0 Å². The van der Waals surface area contributed by atoms with Gasteiger partial charge in [-0.25, -0.2) is 0 Å². The molecule has 0 saturated carbocycles. The molecule has 2 aromatic rings. The normalized spacial score (nSPS) is 10.3. The highest BCUT2D eigenvalue weighted by atomic mass is 16.5. The van der Waals surface area contributed by atoms with Crippen molar-refractivity contribution in [2.24, 2.45) is 0 Å². The van der Waals surface area contributed by atoms with Crippen molar-refractivity contribution in [3.05, 3.63) is 47.5 Å². The summed E-state index contributed by atoms with van der Waals surface area (Å²) in [5, 5.41) is 0. The van der Waals surface area contributed by atoms with E-state index in [9.17, 15) is 0 Å². The van der Waals surface area contributed by atoms with Gasteiger partial charge in [0.25, 0.3) is 0 Å². The van der Waals surface area contributed by atoms with Crippen LogP contribution in [-0.4, -0.2) is 27.9 Å². The van der Waals surface area contributed by atoms with Crippen LogP contribution in [0, 0.1) is 0 Å². The molecule has 2 aromatic carbocycles. The van der Waals surface area contributed by atoms with E-state index in [4.69, 9.17) is 18.9 Å². The van der Waals surface area contributed by atoms with Gasteiger partial charge in [0, 0.05) is 0 Å². The standard InChI is InChI=1S/C19H24O4/c1-5-23-16-10-8-14(9-11-16)6-7-15-12-17(20-2)19(22-4)18(13-15)21-3/h8-13H,5-7H2,1-4H3. The van der Waals surface area contributed by atoms with E-state index in [0.29, 0.717) is 23.9 Å². The number of ether oxygens (including phenoxy) is 4. The van der Waals surface area contributed by atoms with E-state index in [1.54, 1.807) is 21.3 Å². The van der Waals surface area contributed by atoms with Crippen LogP contribution in [0.25, 0.3) is 0 Å². The van der Waals surface area contributed by atoms with Crippen LogP contribution in [0.4, 0.5) is 0 Å². The van der Waals surface area contributed by atoms with E-state index in [2.05, 4.69) is 12.1 Å². The average molecular weight is 316 g/mol. The Hall–Kier alpha value is -2.36. The van der Waals surface area contributed by atoms with E-state index in [1.165, 1.54) is 5.56 Å². The molecule has 0 aliphatic carbocycles. The minimum atomic E-state index is 0.625. The Bertz CT molecular complexity index is 595. The van der Waals surface area contributed by atoms with Crippen molar-refractivity contribution in [2.45, 2.75) is 19.8 Å². The molecule has 0 unspecified atom stereocenters. The van der Waals surface area contributed by atoms with Gasteiger partial charge in [0.1, 0.15) is 5.75 Å². The predicted molar refractivity (Wildman–Crippen MR) is 91.1 cm³/mol. The first-order valence-corrected chi connectivity index (χ1v) is 7.72. The molecule has 2 rings (SSSR count). The van der Waals surface area contributed by atoms with Gasteiger partial charge in [-0.3, -0.25) is 0 Å². The first-order chi connectivity index (χ1) is 11.2. The molecule has 124 valence electrons. The number of hydrogen-bond donors (Lipinski definition) is 0. The molecule has 0 N–H and O–H groups in total. The number of hydrogen-bond acceptors (Lipinski definition) is 4. The summed E-state index contributed by atoms with van der Waals surface area (Å²) in [6.07, 6.45) is 1.83. The van der Waals surface area contributed by atoms with Crippen LogP contribution in [0.1, 0.15) is 18.1 Å². The summed E-state index contributed by atoms with van der Waals surface area (Å²) in [5.41, 5.74) is 2.41. The fourth-order valence-electron chi connectivity index (χ4n) is 2.49. The molecule has 0 radical (unpaired) electrons. The van der Waals surface area contributed by atoms with Crippen molar-refractivity contribution in [1.82, 2.24) is 0 Å². The zero-order valence-electron chi connectivity index (χ0n) is 14.2. The van der Waals surface area contributed by atoms with Gasteiger partial charge in [-0.1, -0.05) is 12.1 Å². The monoisotopic (exact) mass is 316 g/mol. The van der Waals surface area contributed by atoms with Gasteiger partial charge in [0.05, 0.1) is 27.9 Å². The minimum absolute atomic E-state index is 0.625. The number of benzene rings is 2. The van der Waals surface area contributed by atoms with Crippen molar-refractivity contribution >= 4 is 0 Å². The van der Waals surface area contributed by atoms with Crippen LogP contribution in [0.2, 0.25) is 0 Å². The lowest BCUT2D eigenvalue weighted by Crippen LogP contribution is -1.98. The number of methoxy groups -OCH3 is 3. The lowest BCUT2D eigenvalue weighted by atomic mass is 10.0. The minimum Gasteiger partial charge on any atom is -0.494 e. The third kappa shape index (κ3) is 4.31. The zero-order valence-corrected chi connectivity index (χ0v) is 14.2. The smallest absolute Gasteiger partial charge is 0.203 e. The number of rotatable bonds is 8. The van der Waals surface area contributed by atoms with Crippen molar-refractivity contribution in [1.29, 1.82) is 0 Å². The largest absolute Gasteiger partial charge is 0.494 e. The molecule has 0 aromatic heterocycles. The number of aryl methyl sites for hydroxylation is 2. The van der Waals surface area contributed by atoms with E-state index in [-0.39, 0.29) is 0 Å². The summed E-state index contributed by atoms with van der Waals surface area (Å²) in [7, 11) is 4.88. The summed E-state index contributed by atoms with van der Waals surface area (Å²) in [5.74, 6) is 2.91. The third-order valence-corrected chi connectivity index (χ3v) is 3.66. The summed E-state index contributed by atoms with van der Waals surface area (Å²) in [6, 6.07) is 12.2. The maximum atomic E-state index is 5.46. The lowest BCUT2D eigenvalue weighted by Gasteiger charge is -2.14. The second-order valence-electron chi connectivity index (χ2n) is 5.11. The van der Waals surface area contributed by atoms with Crippen LogP contribution in [-0.2, 0) is 12.8 Å². The Labute approximate surface area is 137 Å². The van der Waals surface area contributed by atoms with Gasteiger partial charge in [-0.05, 0) is 55.2 Å². The van der Waals surface area contributed by atoms with E-state index in [0.717, 1.165) is 24.2 Å². The molecule has 0 spiro atoms. The molecule has 0 saturated heterocycles. The topological polar surface area (TPSA) is 36.9 Å². The first kappa shape index (κ1) is 17.0. The second-order valence-corrected chi connectivity index (χ2v) is 5.11. The Morgan fingerprint density at radius 3 is 1.78 bits per heavy atom. The second kappa shape index (κ2) is 8.32. The van der Waals surface area contributed by atoms with Crippen molar-refractivity contribution in [3.63, 3.8) is 0 Å². The Morgan fingerprint density at radius 2 is 1.30 bits per heavy atom. The van der Waals surface area contributed by atoms with Gasteiger partial charge in [0.15, 0.2) is 11.5 Å². The third-order valence-electron chi connectivity index (χ3n) is 3.66. The quantitative estimate of drug-likeness (QED) is 0.740. The fraction of sp³-hybridized carbons (Fsp3) is 0.368. The van der Waals surface area contributed by atoms with Crippen LogP contribution in [0.15, 0.2) is 36.4 Å². The highest BCUT2D eigenvalue weighted by Crippen LogP contribution is 2.38. The van der Waals surface area contributed by atoms with Crippen LogP contribution in [0.3, 0.4) is 0 Å². The van der Waals surface area contributed by atoms with Gasteiger partial charge in [-0.15, -0.1) is 0 Å². The van der Waals surface area contributed by atoms with Crippen LogP contribution < -0.4 is 18.9 Å². The molecule has 4 nitrogen and oxygen atoms in total. The van der Waals surface area contributed by atoms with E-state index in [1.807, 2.05) is 31.2 Å². The van der Waals surface area contributed by atoms with Gasteiger partial charge < -0.3 is 18.9 Å². The summed E-state index contributed by atoms with van der Waals surface area (Å²) in [6.45, 7) is 2.67. The molecular formula is C19H24O4. The fourth-order valence-corrected chi connectivity index (χ4v) is 2.49. The predicted octanol–water partition coefficient (Wildman–Crippen LogP) is 3.90. The molecule has 0 aliphatic heterocycles. The first-order valence-electron chi connectivity index (χ1n) is 7.72. The van der Waals surface area contributed by atoms with Crippen molar-refractivity contribution < 1.29 is 18.9 Å².